The maximum Gasteiger partial charge on any atom is 0.318 e. The summed E-state index contributed by atoms with van der Waals surface area (Å²) in [7, 11) is 0. The molecule has 0 aromatic heterocycles. The second-order valence-corrected chi connectivity index (χ2v) is 9.40. The number of phenols is 1. The summed E-state index contributed by atoms with van der Waals surface area (Å²) in [6.07, 6.45) is 1.25. The van der Waals surface area contributed by atoms with Gasteiger partial charge in [0.15, 0.2) is 0 Å². The molecule has 0 bridgehead atoms. The lowest BCUT2D eigenvalue weighted by Gasteiger charge is -2.49. The number of rotatable bonds is 9. The predicted octanol–water partition coefficient (Wildman–Crippen LogP) is 5.08. The zero-order chi connectivity index (χ0) is 23.5. The van der Waals surface area contributed by atoms with Crippen molar-refractivity contribution in [1.82, 2.24) is 4.90 Å². The van der Waals surface area contributed by atoms with Crippen molar-refractivity contribution >= 4 is 5.97 Å². The number of aliphatic carboxylic acids is 1. The van der Waals surface area contributed by atoms with Gasteiger partial charge in [0.1, 0.15) is 23.0 Å². The van der Waals surface area contributed by atoms with E-state index < -0.39 is 11.4 Å². The molecule has 1 aliphatic heterocycles. The number of phenolic OH excluding ortho intramolecular Hbond substituents is 1. The van der Waals surface area contributed by atoms with Gasteiger partial charge in [0, 0.05) is 24.7 Å². The van der Waals surface area contributed by atoms with Crippen LogP contribution in [0.15, 0.2) is 84.9 Å². The first-order valence-corrected chi connectivity index (χ1v) is 11.4. The molecule has 0 atom stereocenters. The lowest BCUT2D eigenvalue weighted by molar-refractivity contribution is -0.143. The SMILES string of the molecule is CC(C)(CCC(C(=O)O)(c1ccccc1)c1ccccc1)N1CC(Oc2cccc(O)c2)C1. The van der Waals surface area contributed by atoms with Crippen molar-refractivity contribution in [3.05, 3.63) is 96.1 Å². The van der Waals surface area contributed by atoms with Crippen molar-refractivity contribution in [3.63, 3.8) is 0 Å². The van der Waals surface area contributed by atoms with Crippen LogP contribution < -0.4 is 4.74 Å². The monoisotopic (exact) mass is 445 g/mol. The predicted molar refractivity (Wildman–Crippen MR) is 129 cm³/mol. The van der Waals surface area contributed by atoms with Crippen molar-refractivity contribution < 1.29 is 19.7 Å². The molecule has 0 saturated carbocycles. The molecule has 1 fully saturated rings. The maximum absolute atomic E-state index is 12.8. The summed E-state index contributed by atoms with van der Waals surface area (Å²) in [5.41, 5.74) is 0.298. The van der Waals surface area contributed by atoms with E-state index in [-0.39, 0.29) is 17.4 Å². The Labute approximate surface area is 195 Å². The van der Waals surface area contributed by atoms with Crippen LogP contribution in [0.2, 0.25) is 0 Å². The first-order valence-electron chi connectivity index (χ1n) is 11.4. The van der Waals surface area contributed by atoms with Crippen molar-refractivity contribution in [2.75, 3.05) is 13.1 Å². The van der Waals surface area contributed by atoms with Crippen LogP contribution in [0, 0.1) is 0 Å². The minimum Gasteiger partial charge on any atom is -0.508 e. The van der Waals surface area contributed by atoms with Crippen molar-refractivity contribution in [2.45, 2.75) is 43.7 Å². The molecule has 33 heavy (non-hydrogen) atoms. The summed E-state index contributed by atoms with van der Waals surface area (Å²) >= 11 is 0. The summed E-state index contributed by atoms with van der Waals surface area (Å²) < 4.78 is 5.98. The summed E-state index contributed by atoms with van der Waals surface area (Å²) in [5, 5.41) is 20.2. The highest BCUT2D eigenvalue weighted by atomic mass is 16.5. The zero-order valence-electron chi connectivity index (χ0n) is 19.1. The lowest BCUT2D eigenvalue weighted by atomic mass is 9.69. The van der Waals surface area contributed by atoms with Gasteiger partial charge in [0.05, 0.1) is 0 Å². The van der Waals surface area contributed by atoms with E-state index in [0.717, 1.165) is 24.2 Å². The Morgan fingerprint density at radius 3 is 2.00 bits per heavy atom. The Morgan fingerprint density at radius 2 is 1.48 bits per heavy atom. The van der Waals surface area contributed by atoms with E-state index in [4.69, 9.17) is 4.74 Å². The topological polar surface area (TPSA) is 70.0 Å². The number of carbonyl (C=O) groups is 1. The zero-order valence-corrected chi connectivity index (χ0v) is 19.1. The van der Waals surface area contributed by atoms with Gasteiger partial charge in [-0.25, -0.2) is 0 Å². The number of hydrogen-bond acceptors (Lipinski definition) is 4. The van der Waals surface area contributed by atoms with Gasteiger partial charge >= 0.3 is 5.97 Å². The first kappa shape index (κ1) is 22.9. The number of ether oxygens (including phenoxy) is 1. The molecule has 0 spiro atoms. The molecule has 5 nitrogen and oxygen atoms in total. The average molecular weight is 446 g/mol. The second kappa shape index (κ2) is 9.28. The van der Waals surface area contributed by atoms with Gasteiger partial charge in [-0.1, -0.05) is 66.7 Å². The van der Waals surface area contributed by atoms with E-state index in [1.54, 1.807) is 18.2 Å². The molecule has 3 aromatic carbocycles. The molecular weight excluding hydrogens is 414 g/mol. The van der Waals surface area contributed by atoms with Crippen LogP contribution in [0.4, 0.5) is 0 Å². The van der Waals surface area contributed by atoms with Gasteiger partial charge in [-0.3, -0.25) is 9.69 Å². The fraction of sp³-hybridized carbons (Fsp3) is 0.321. The molecule has 0 unspecified atom stereocenters. The van der Waals surface area contributed by atoms with Crippen LogP contribution in [-0.4, -0.2) is 45.8 Å². The molecule has 0 aliphatic carbocycles. The van der Waals surface area contributed by atoms with E-state index in [1.807, 2.05) is 66.7 Å². The number of hydrogen-bond donors (Lipinski definition) is 2. The summed E-state index contributed by atoms with van der Waals surface area (Å²) in [6, 6.07) is 25.9. The molecule has 4 rings (SSSR count). The minimum atomic E-state index is -1.11. The third-order valence-electron chi connectivity index (χ3n) is 6.83. The Hall–Kier alpha value is -3.31. The van der Waals surface area contributed by atoms with Gasteiger partial charge in [-0.2, -0.15) is 0 Å². The number of nitrogens with zero attached hydrogens (tertiary/aromatic N) is 1. The molecule has 2 N–H and O–H groups in total. The minimum absolute atomic E-state index is 0.0542. The maximum atomic E-state index is 12.8. The highest BCUT2D eigenvalue weighted by molar-refractivity contribution is 5.86. The number of aromatic hydroxyl groups is 1. The van der Waals surface area contributed by atoms with Crippen LogP contribution in [0.3, 0.4) is 0 Å². The number of carboxylic acids is 1. The molecule has 1 aliphatic rings. The van der Waals surface area contributed by atoms with E-state index >= 15 is 0 Å². The fourth-order valence-corrected chi connectivity index (χ4v) is 4.66. The summed E-state index contributed by atoms with van der Waals surface area (Å²) in [6.45, 7) is 5.86. The summed E-state index contributed by atoms with van der Waals surface area (Å²) in [4.78, 5) is 15.2. The highest BCUT2D eigenvalue weighted by Crippen LogP contribution is 2.40. The third-order valence-corrected chi connectivity index (χ3v) is 6.83. The highest BCUT2D eigenvalue weighted by Gasteiger charge is 2.45. The van der Waals surface area contributed by atoms with E-state index in [2.05, 4.69) is 18.7 Å². The normalized spacial score (nSPS) is 15.1. The molecule has 1 heterocycles. The smallest absolute Gasteiger partial charge is 0.318 e. The van der Waals surface area contributed by atoms with Crippen LogP contribution in [0.5, 0.6) is 11.5 Å². The summed E-state index contributed by atoms with van der Waals surface area (Å²) in [5.74, 6) is 0.0238. The molecule has 0 amide bonds. The van der Waals surface area contributed by atoms with E-state index in [0.29, 0.717) is 18.6 Å². The Balaban J connectivity index is 1.49. The Kier molecular flexibility index (Phi) is 6.43. The van der Waals surface area contributed by atoms with Crippen LogP contribution >= 0.6 is 0 Å². The standard InChI is InChI=1S/C28H31NO4/c1-27(2,29-19-25(20-29)33-24-15-9-14-23(30)18-24)16-17-28(26(31)32,21-10-5-3-6-11-21)22-12-7-4-8-13-22/h3-15,18,25,30H,16-17,19-20H2,1-2H3,(H,31,32). The fourth-order valence-electron chi connectivity index (χ4n) is 4.66. The molecule has 1 saturated heterocycles. The quantitative estimate of drug-likeness (QED) is 0.480. The van der Waals surface area contributed by atoms with Gasteiger partial charge in [-0.15, -0.1) is 0 Å². The molecule has 3 aromatic rings. The molecule has 0 radical (unpaired) electrons. The van der Waals surface area contributed by atoms with Crippen molar-refractivity contribution in [3.8, 4) is 11.5 Å². The molecule has 5 heteroatoms. The Morgan fingerprint density at radius 1 is 0.909 bits per heavy atom. The van der Waals surface area contributed by atoms with Gasteiger partial charge in [0.25, 0.3) is 0 Å². The first-order chi connectivity index (χ1) is 15.8. The van der Waals surface area contributed by atoms with Gasteiger partial charge in [-0.05, 0) is 49.9 Å². The number of benzene rings is 3. The lowest BCUT2D eigenvalue weighted by Crippen LogP contribution is -2.62. The van der Waals surface area contributed by atoms with Crippen molar-refractivity contribution in [1.29, 1.82) is 0 Å². The average Bonchev–Trinajstić information content (AvgIpc) is 2.77. The largest absolute Gasteiger partial charge is 0.508 e. The van der Waals surface area contributed by atoms with Crippen molar-refractivity contribution in [2.24, 2.45) is 0 Å². The third kappa shape index (κ3) is 4.74. The van der Waals surface area contributed by atoms with Gasteiger partial charge < -0.3 is 14.9 Å². The van der Waals surface area contributed by atoms with E-state index in [9.17, 15) is 15.0 Å². The van der Waals surface area contributed by atoms with Crippen LogP contribution in [0.1, 0.15) is 37.8 Å². The number of carboxylic acid groups (broad SMARTS) is 1. The second-order valence-electron chi connectivity index (χ2n) is 9.40. The van der Waals surface area contributed by atoms with Crippen LogP contribution in [0.25, 0.3) is 0 Å². The van der Waals surface area contributed by atoms with Crippen LogP contribution in [-0.2, 0) is 10.2 Å². The van der Waals surface area contributed by atoms with E-state index in [1.165, 1.54) is 0 Å². The Bertz CT molecular complexity index is 1040. The molecular formula is C28H31NO4. The number of likely N-dealkylation sites (tertiary alicyclic amines) is 1. The molecule has 172 valence electrons. The van der Waals surface area contributed by atoms with Gasteiger partial charge in [0.2, 0.25) is 0 Å².